The Hall–Kier alpha value is -2.26. The van der Waals surface area contributed by atoms with Crippen molar-refractivity contribution >= 4 is 28.9 Å². The summed E-state index contributed by atoms with van der Waals surface area (Å²) < 4.78 is 43.7. The smallest absolute Gasteiger partial charge is 0.420 e. The number of likely N-dealkylation sites (N-methyl/N-ethyl adjacent to an activating group) is 1. The molecule has 0 amide bonds. The Morgan fingerprint density at radius 1 is 1.19 bits per heavy atom. The minimum atomic E-state index is -4.60. The molecular weight excluding hydrogens is 383 g/mol. The molecule has 0 bridgehead atoms. The van der Waals surface area contributed by atoms with E-state index in [1.54, 1.807) is 6.07 Å². The number of hydrogen-bond donors (Lipinski definition) is 1. The van der Waals surface area contributed by atoms with E-state index in [1.165, 1.54) is 7.11 Å². The molecule has 10 heteroatoms. The van der Waals surface area contributed by atoms with E-state index >= 15 is 0 Å². The number of anilines is 3. The van der Waals surface area contributed by atoms with E-state index in [0.29, 0.717) is 17.6 Å². The van der Waals surface area contributed by atoms with Crippen LogP contribution in [0.25, 0.3) is 0 Å². The lowest BCUT2D eigenvalue weighted by molar-refractivity contribution is -0.137. The van der Waals surface area contributed by atoms with Crippen molar-refractivity contribution in [2.24, 2.45) is 0 Å². The molecule has 1 saturated heterocycles. The lowest BCUT2D eigenvalue weighted by atomic mass is 10.2. The standard InChI is InChI=1S/C17H19ClF3N5O/c1-25-5-7-26(8-6-25)11-3-4-13(14(9-11)27-2)23-16-22-10-12(15(18)24-16)17(19,20)21/h3-4,9-10H,5-8H2,1-2H3,(H,22,23,24). The largest absolute Gasteiger partial charge is 0.494 e. The average Bonchev–Trinajstić information content (AvgIpc) is 2.62. The molecule has 0 saturated carbocycles. The first kappa shape index (κ1) is 19.5. The van der Waals surface area contributed by atoms with Crippen LogP contribution in [0.15, 0.2) is 24.4 Å². The van der Waals surface area contributed by atoms with Crippen molar-refractivity contribution in [1.82, 2.24) is 14.9 Å². The van der Waals surface area contributed by atoms with E-state index in [-0.39, 0.29) is 5.95 Å². The first-order valence-corrected chi connectivity index (χ1v) is 8.64. The van der Waals surface area contributed by atoms with Gasteiger partial charge in [-0.2, -0.15) is 13.2 Å². The zero-order valence-electron chi connectivity index (χ0n) is 14.8. The van der Waals surface area contributed by atoms with Gasteiger partial charge in [0, 0.05) is 44.1 Å². The Balaban J connectivity index is 1.80. The molecule has 146 valence electrons. The SMILES string of the molecule is COc1cc(N2CCN(C)CC2)ccc1Nc1ncc(C(F)(F)F)c(Cl)n1. The summed E-state index contributed by atoms with van der Waals surface area (Å²) in [7, 11) is 3.61. The number of benzene rings is 1. The number of hydrogen-bond acceptors (Lipinski definition) is 6. The summed E-state index contributed by atoms with van der Waals surface area (Å²) in [6.07, 6.45) is -3.94. The van der Waals surface area contributed by atoms with Crippen molar-refractivity contribution in [2.75, 3.05) is 50.6 Å². The number of rotatable bonds is 4. The van der Waals surface area contributed by atoms with Crippen molar-refractivity contribution in [3.63, 3.8) is 0 Å². The van der Waals surface area contributed by atoms with Crippen LogP contribution in [0.5, 0.6) is 5.75 Å². The van der Waals surface area contributed by atoms with Crippen molar-refractivity contribution < 1.29 is 17.9 Å². The molecule has 1 aliphatic rings. The van der Waals surface area contributed by atoms with Gasteiger partial charge in [-0.1, -0.05) is 11.6 Å². The Labute approximate surface area is 159 Å². The molecule has 27 heavy (non-hydrogen) atoms. The van der Waals surface area contributed by atoms with Crippen LogP contribution in [-0.4, -0.2) is 55.2 Å². The minimum absolute atomic E-state index is 0.0429. The fourth-order valence-electron chi connectivity index (χ4n) is 2.78. The second kappa shape index (κ2) is 7.77. The van der Waals surface area contributed by atoms with Gasteiger partial charge in [0.25, 0.3) is 0 Å². The van der Waals surface area contributed by atoms with Gasteiger partial charge in [0.2, 0.25) is 5.95 Å². The third kappa shape index (κ3) is 4.54. The van der Waals surface area contributed by atoms with Crippen LogP contribution in [0.2, 0.25) is 5.15 Å². The number of piperazine rings is 1. The maximum atomic E-state index is 12.8. The van der Waals surface area contributed by atoms with Crippen molar-refractivity contribution in [1.29, 1.82) is 0 Å². The number of alkyl halides is 3. The van der Waals surface area contributed by atoms with Crippen molar-refractivity contribution in [3.05, 3.63) is 35.1 Å². The first-order valence-electron chi connectivity index (χ1n) is 8.26. The predicted molar refractivity (Wildman–Crippen MR) is 98.0 cm³/mol. The van der Waals surface area contributed by atoms with Crippen LogP contribution in [-0.2, 0) is 6.18 Å². The number of aromatic nitrogens is 2. The molecule has 2 heterocycles. The maximum absolute atomic E-state index is 12.8. The molecule has 0 aliphatic carbocycles. The van der Waals surface area contributed by atoms with Crippen LogP contribution in [0.1, 0.15) is 5.56 Å². The van der Waals surface area contributed by atoms with Gasteiger partial charge in [-0.15, -0.1) is 0 Å². The minimum Gasteiger partial charge on any atom is -0.494 e. The normalized spacial score (nSPS) is 15.7. The van der Waals surface area contributed by atoms with E-state index < -0.39 is 16.9 Å². The van der Waals surface area contributed by atoms with Gasteiger partial charge in [-0.3, -0.25) is 0 Å². The van der Waals surface area contributed by atoms with Gasteiger partial charge in [-0.05, 0) is 19.2 Å². The summed E-state index contributed by atoms with van der Waals surface area (Å²) >= 11 is 5.64. The number of nitrogens with one attached hydrogen (secondary N) is 1. The molecule has 1 fully saturated rings. The molecule has 6 nitrogen and oxygen atoms in total. The zero-order chi connectivity index (χ0) is 19.6. The number of nitrogens with zero attached hydrogens (tertiary/aromatic N) is 4. The number of halogens is 4. The summed E-state index contributed by atoms with van der Waals surface area (Å²) in [6.45, 7) is 3.76. The molecular formula is C17H19ClF3N5O. The van der Waals surface area contributed by atoms with Gasteiger partial charge in [0.05, 0.1) is 12.8 Å². The highest BCUT2D eigenvalue weighted by Crippen LogP contribution is 2.35. The van der Waals surface area contributed by atoms with Gasteiger partial charge < -0.3 is 19.9 Å². The number of methoxy groups -OCH3 is 1. The molecule has 2 aromatic rings. The summed E-state index contributed by atoms with van der Waals surface area (Å²) in [5.74, 6) is 0.490. The van der Waals surface area contributed by atoms with Crippen LogP contribution in [0.4, 0.5) is 30.5 Å². The quantitative estimate of drug-likeness (QED) is 0.789. The lowest BCUT2D eigenvalue weighted by Crippen LogP contribution is -2.44. The van der Waals surface area contributed by atoms with E-state index in [4.69, 9.17) is 16.3 Å². The molecule has 1 aliphatic heterocycles. The second-order valence-corrected chi connectivity index (χ2v) is 6.55. The molecule has 0 spiro atoms. The maximum Gasteiger partial charge on any atom is 0.420 e. The molecule has 0 unspecified atom stereocenters. The highest BCUT2D eigenvalue weighted by molar-refractivity contribution is 6.30. The van der Waals surface area contributed by atoms with Crippen molar-refractivity contribution in [2.45, 2.75) is 6.18 Å². The van der Waals surface area contributed by atoms with Crippen LogP contribution < -0.4 is 15.0 Å². The Morgan fingerprint density at radius 3 is 2.48 bits per heavy atom. The average molecular weight is 402 g/mol. The van der Waals surface area contributed by atoms with Gasteiger partial charge >= 0.3 is 6.18 Å². The third-order valence-electron chi connectivity index (χ3n) is 4.35. The Kier molecular flexibility index (Phi) is 5.61. The highest BCUT2D eigenvalue weighted by atomic mass is 35.5. The topological polar surface area (TPSA) is 53.5 Å². The molecule has 1 aromatic carbocycles. The second-order valence-electron chi connectivity index (χ2n) is 6.20. The van der Waals surface area contributed by atoms with Gasteiger partial charge in [0.1, 0.15) is 16.5 Å². The molecule has 1 N–H and O–H groups in total. The van der Waals surface area contributed by atoms with Crippen molar-refractivity contribution in [3.8, 4) is 5.75 Å². The number of ether oxygens (including phenoxy) is 1. The lowest BCUT2D eigenvalue weighted by Gasteiger charge is -2.34. The Morgan fingerprint density at radius 2 is 1.89 bits per heavy atom. The summed E-state index contributed by atoms with van der Waals surface area (Å²) in [4.78, 5) is 11.9. The van der Waals surface area contributed by atoms with Crippen LogP contribution in [0.3, 0.4) is 0 Å². The van der Waals surface area contributed by atoms with Gasteiger partial charge in [0.15, 0.2) is 0 Å². The predicted octanol–water partition coefficient (Wildman–Crippen LogP) is 3.65. The molecule has 0 radical (unpaired) electrons. The molecule has 1 aromatic heterocycles. The summed E-state index contributed by atoms with van der Waals surface area (Å²) in [6, 6.07) is 5.57. The van der Waals surface area contributed by atoms with E-state index in [1.807, 2.05) is 12.1 Å². The summed E-state index contributed by atoms with van der Waals surface area (Å²) in [5, 5.41) is 2.20. The third-order valence-corrected chi connectivity index (χ3v) is 4.64. The zero-order valence-corrected chi connectivity index (χ0v) is 15.6. The van der Waals surface area contributed by atoms with Gasteiger partial charge in [-0.25, -0.2) is 9.97 Å². The first-order chi connectivity index (χ1) is 12.8. The van der Waals surface area contributed by atoms with E-state index in [0.717, 1.165) is 31.9 Å². The Bertz CT molecular complexity index is 810. The fourth-order valence-corrected chi connectivity index (χ4v) is 3.01. The fraction of sp³-hybridized carbons (Fsp3) is 0.412. The van der Waals surface area contributed by atoms with Crippen LogP contribution >= 0.6 is 11.6 Å². The van der Waals surface area contributed by atoms with E-state index in [2.05, 4.69) is 32.1 Å². The van der Waals surface area contributed by atoms with Crippen LogP contribution in [0, 0.1) is 0 Å². The highest BCUT2D eigenvalue weighted by Gasteiger charge is 2.34. The monoisotopic (exact) mass is 401 g/mol. The molecule has 0 atom stereocenters. The summed E-state index contributed by atoms with van der Waals surface area (Å²) in [5.41, 5.74) is 0.468. The molecule has 3 rings (SSSR count). The van der Waals surface area contributed by atoms with E-state index in [9.17, 15) is 13.2 Å².